The molecule has 0 saturated heterocycles. The van der Waals surface area contributed by atoms with Crippen LogP contribution >= 0.6 is 0 Å². The van der Waals surface area contributed by atoms with Crippen LogP contribution in [0.2, 0.25) is 0 Å². The number of para-hydroxylation sites is 1. The zero-order valence-corrected chi connectivity index (χ0v) is 9.16. The highest BCUT2D eigenvalue weighted by atomic mass is 16.5. The Hall–Kier alpha value is -1.53. The summed E-state index contributed by atoms with van der Waals surface area (Å²) >= 11 is 0. The Labute approximate surface area is 90.7 Å². The molecule has 0 bridgehead atoms. The van der Waals surface area contributed by atoms with Crippen molar-refractivity contribution in [1.29, 1.82) is 5.26 Å². The monoisotopic (exact) mass is 204 g/mol. The number of hydrogen-bond acceptors (Lipinski definition) is 3. The maximum absolute atomic E-state index is 8.84. The molecular weight excluding hydrogens is 188 g/mol. The number of benzene rings is 1. The zero-order chi connectivity index (χ0) is 11.1. The van der Waals surface area contributed by atoms with Gasteiger partial charge in [-0.3, -0.25) is 0 Å². The zero-order valence-electron chi connectivity index (χ0n) is 9.16. The quantitative estimate of drug-likeness (QED) is 0.795. The van der Waals surface area contributed by atoms with Gasteiger partial charge in [-0.15, -0.1) is 0 Å². The van der Waals surface area contributed by atoms with E-state index in [1.54, 1.807) is 6.07 Å². The number of hydrogen-bond donors (Lipinski definition) is 1. The van der Waals surface area contributed by atoms with Crippen molar-refractivity contribution in [1.82, 2.24) is 5.32 Å². The summed E-state index contributed by atoms with van der Waals surface area (Å²) in [6.45, 7) is 3.64. The summed E-state index contributed by atoms with van der Waals surface area (Å²) in [5.74, 6) is 1.10. The van der Waals surface area contributed by atoms with Crippen molar-refractivity contribution in [2.45, 2.75) is 6.92 Å². The molecule has 0 saturated carbocycles. The van der Waals surface area contributed by atoms with Gasteiger partial charge in [-0.05, 0) is 19.2 Å². The third-order valence-electron chi connectivity index (χ3n) is 2.08. The molecule has 0 spiro atoms. The number of rotatable bonds is 5. The fraction of sp³-hybridized carbons (Fsp3) is 0.417. The first-order valence-corrected chi connectivity index (χ1v) is 5.04. The van der Waals surface area contributed by atoms with E-state index in [4.69, 9.17) is 10.00 Å². The van der Waals surface area contributed by atoms with E-state index in [0.29, 0.717) is 23.8 Å². The molecule has 1 aromatic rings. The molecule has 1 N–H and O–H groups in total. The van der Waals surface area contributed by atoms with Crippen LogP contribution in [0.3, 0.4) is 0 Å². The van der Waals surface area contributed by atoms with Crippen molar-refractivity contribution in [3.05, 3.63) is 29.8 Å². The van der Waals surface area contributed by atoms with Gasteiger partial charge in [0.2, 0.25) is 0 Å². The molecule has 0 aliphatic rings. The van der Waals surface area contributed by atoms with Crippen LogP contribution < -0.4 is 10.1 Å². The molecule has 1 rings (SSSR count). The molecule has 1 aromatic carbocycles. The summed E-state index contributed by atoms with van der Waals surface area (Å²) in [7, 11) is 1.92. The van der Waals surface area contributed by atoms with Gasteiger partial charge in [-0.1, -0.05) is 19.1 Å². The van der Waals surface area contributed by atoms with Gasteiger partial charge in [-0.2, -0.15) is 5.26 Å². The van der Waals surface area contributed by atoms with Gasteiger partial charge in [-0.25, -0.2) is 0 Å². The summed E-state index contributed by atoms with van der Waals surface area (Å²) in [4.78, 5) is 0. The van der Waals surface area contributed by atoms with Gasteiger partial charge in [0, 0.05) is 12.5 Å². The summed E-state index contributed by atoms with van der Waals surface area (Å²) in [5, 5.41) is 11.9. The van der Waals surface area contributed by atoms with Crippen molar-refractivity contribution in [2.24, 2.45) is 5.92 Å². The van der Waals surface area contributed by atoms with Gasteiger partial charge in [0.1, 0.15) is 11.8 Å². The van der Waals surface area contributed by atoms with Gasteiger partial charge >= 0.3 is 0 Å². The van der Waals surface area contributed by atoms with Crippen molar-refractivity contribution >= 4 is 0 Å². The summed E-state index contributed by atoms with van der Waals surface area (Å²) in [6.07, 6.45) is 0. The normalized spacial score (nSPS) is 11.8. The molecule has 0 aromatic heterocycles. The maximum Gasteiger partial charge on any atom is 0.137 e. The minimum atomic E-state index is 0.432. The van der Waals surface area contributed by atoms with Crippen LogP contribution in [-0.2, 0) is 0 Å². The number of ether oxygens (including phenoxy) is 1. The second-order valence-corrected chi connectivity index (χ2v) is 3.58. The highest BCUT2D eigenvalue weighted by Crippen LogP contribution is 2.17. The lowest BCUT2D eigenvalue weighted by Crippen LogP contribution is -2.21. The number of nitriles is 1. The van der Waals surface area contributed by atoms with Crippen LogP contribution in [0.5, 0.6) is 5.75 Å². The minimum absolute atomic E-state index is 0.432. The van der Waals surface area contributed by atoms with Crippen molar-refractivity contribution in [2.75, 3.05) is 20.2 Å². The standard InChI is InChI=1S/C12H16N2O/c1-10(8-14-2)9-15-12-6-4-3-5-11(12)7-13/h3-6,10,14H,8-9H2,1-2H3. The molecular formula is C12H16N2O. The Kier molecular flexibility index (Phi) is 4.65. The predicted octanol–water partition coefficient (Wildman–Crippen LogP) is 1.79. The lowest BCUT2D eigenvalue weighted by atomic mass is 10.2. The summed E-state index contributed by atoms with van der Waals surface area (Å²) in [5.41, 5.74) is 0.592. The maximum atomic E-state index is 8.84. The molecule has 3 heteroatoms. The molecule has 15 heavy (non-hydrogen) atoms. The number of nitrogens with one attached hydrogen (secondary N) is 1. The highest BCUT2D eigenvalue weighted by molar-refractivity contribution is 5.42. The van der Waals surface area contributed by atoms with Gasteiger partial charge in [0.15, 0.2) is 0 Å². The Bertz CT molecular complexity index is 344. The SMILES string of the molecule is CNCC(C)COc1ccccc1C#N. The third-order valence-corrected chi connectivity index (χ3v) is 2.08. The molecule has 0 fully saturated rings. The van der Waals surface area contributed by atoms with Gasteiger partial charge in [0.05, 0.1) is 12.2 Å². The average Bonchev–Trinajstić information content (AvgIpc) is 2.27. The van der Waals surface area contributed by atoms with E-state index in [-0.39, 0.29) is 0 Å². The molecule has 0 heterocycles. The summed E-state index contributed by atoms with van der Waals surface area (Å²) in [6, 6.07) is 9.41. The molecule has 1 atom stereocenters. The Morgan fingerprint density at radius 1 is 1.47 bits per heavy atom. The van der Waals surface area contributed by atoms with Crippen molar-refractivity contribution < 1.29 is 4.74 Å². The minimum Gasteiger partial charge on any atom is -0.492 e. The first-order chi connectivity index (χ1) is 7.27. The van der Waals surface area contributed by atoms with Crippen LogP contribution in [0.1, 0.15) is 12.5 Å². The second-order valence-electron chi connectivity index (χ2n) is 3.58. The van der Waals surface area contributed by atoms with Crippen molar-refractivity contribution in [3.8, 4) is 11.8 Å². The topological polar surface area (TPSA) is 45.0 Å². The van der Waals surface area contributed by atoms with Crippen molar-refractivity contribution in [3.63, 3.8) is 0 Å². The van der Waals surface area contributed by atoms with Crippen LogP contribution in [0.25, 0.3) is 0 Å². The first-order valence-electron chi connectivity index (χ1n) is 5.04. The smallest absolute Gasteiger partial charge is 0.137 e. The first kappa shape index (κ1) is 11.5. The van der Waals surface area contributed by atoms with E-state index in [1.807, 2.05) is 25.2 Å². The van der Waals surface area contributed by atoms with Crippen LogP contribution in [0.4, 0.5) is 0 Å². The van der Waals surface area contributed by atoms with E-state index in [0.717, 1.165) is 6.54 Å². The molecule has 1 unspecified atom stereocenters. The van der Waals surface area contributed by atoms with Crippen LogP contribution in [0.15, 0.2) is 24.3 Å². The molecule has 0 aliphatic carbocycles. The lowest BCUT2D eigenvalue weighted by molar-refractivity contribution is 0.257. The Morgan fingerprint density at radius 3 is 2.87 bits per heavy atom. The van der Waals surface area contributed by atoms with E-state index in [1.165, 1.54) is 0 Å². The molecule has 0 amide bonds. The van der Waals surface area contributed by atoms with Gasteiger partial charge in [0.25, 0.3) is 0 Å². The van der Waals surface area contributed by atoms with Gasteiger partial charge < -0.3 is 10.1 Å². The second kappa shape index (κ2) is 6.05. The fourth-order valence-electron chi connectivity index (χ4n) is 1.32. The van der Waals surface area contributed by atoms with E-state index >= 15 is 0 Å². The lowest BCUT2D eigenvalue weighted by Gasteiger charge is -2.13. The molecule has 3 nitrogen and oxygen atoms in total. The fourth-order valence-corrected chi connectivity index (χ4v) is 1.32. The molecule has 80 valence electrons. The van der Waals surface area contributed by atoms with E-state index < -0.39 is 0 Å². The average molecular weight is 204 g/mol. The Morgan fingerprint density at radius 2 is 2.20 bits per heavy atom. The third kappa shape index (κ3) is 3.61. The largest absolute Gasteiger partial charge is 0.492 e. The highest BCUT2D eigenvalue weighted by Gasteiger charge is 2.04. The van der Waals surface area contributed by atoms with E-state index in [9.17, 15) is 0 Å². The number of nitrogens with zero attached hydrogens (tertiary/aromatic N) is 1. The van der Waals surface area contributed by atoms with Crippen LogP contribution in [-0.4, -0.2) is 20.2 Å². The Balaban J connectivity index is 2.54. The molecule has 0 radical (unpaired) electrons. The summed E-state index contributed by atoms with van der Waals surface area (Å²) < 4.78 is 5.58. The van der Waals surface area contributed by atoms with E-state index in [2.05, 4.69) is 18.3 Å². The van der Waals surface area contributed by atoms with Crippen LogP contribution in [0, 0.1) is 17.2 Å². The molecule has 0 aliphatic heterocycles. The predicted molar refractivity (Wildman–Crippen MR) is 59.7 cm³/mol.